The standard InChI is InChI=1S/C15H20N4/c1-10-8-19(9-11(2)16-10)15-14-7-5-4-6-13(14)12(3)17-18-15/h4-7,10-11,16H,8-9H2,1-3H3. The normalized spacial score (nSPS) is 23.8. The highest BCUT2D eigenvalue weighted by molar-refractivity contribution is 5.93. The van der Waals surface area contributed by atoms with Crippen LogP contribution in [0.3, 0.4) is 0 Å². The molecular weight excluding hydrogens is 236 g/mol. The SMILES string of the molecule is Cc1nnc(N2CC(C)NC(C)C2)c2ccccc12. The largest absolute Gasteiger partial charge is 0.352 e. The topological polar surface area (TPSA) is 41.1 Å². The molecule has 1 aromatic carbocycles. The number of nitrogens with one attached hydrogen (secondary N) is 1. The van der Waals surface area contributed by atoms with Crippen LogP contribution < -0.4 is 10.2 Å². The second kappa shape index (κ2) is 4.78. The lowest BCUT2D eigenvalue weighted by molar-refractivity contribution is 0.405. The molecule has 3 rings (SSSR count). The minimum atomic E-state index is 0.477. The van der Waals surface area contributed by atoms with Crippen molar-refractivity contribution in [2.75, 3.05) is 18.0 Å². The highest BCUT2D eigenvalue weighted by Crippen LogP contribution is 2.26. The zero-order valence-corrected chi connectivity index (χ0v) is 11.7. The first-order valence-electron chi connectivity index (χ1n) is 6.88. The Labute approximate surface area is 113 Å². The lowest BCUT2D eigenvalue weighted by Crippen LogP contribution is -2.54. The quantitative estimate of drug-likeness (QED) is 0.848. The van der Waals surface area contributed by atoms with Crippen LogP contribution in [0.4, 0.5) is 5.82 Å². The molecule has 0 bridgehead atoms. The molecule has 1 N–H and O–H groups in total. The van der Waals surface area contributed by atoms with Crippen LogP contribution >= 0.6 is 0 Å². The van der Waals surface area contributed by atoms with E-state index in [-0.39, 0.29) is 0 Å². The molecule has 1 saturated heterocycles. The summed E-state index contributed by atoms with van der Waals surface area (Å²) in [6.45, 7) is 8.40. The third kappa shape index (κ3) is 2.28. The Kier molecular flexibility index (Phi) is 3.11. The van der Waals surface area contributed by atoms with Gasteiger partial charge in [0.25, 0.3) is 0 Å². The van der Waals surface area contributed by atoms with Gasteiger partial charge in [-0.2, -0.15) is 5.10 Å². The maximum Gasteiger partial charge on any atom is 0.159 e. The van der Waals surface area contributed by atoms with Gasteiger partial charge in [0.05, 0.1) is 5.69 Å². The number of aryl methyl sites for hydroxylation is 1. The third-order valence-electron chi connectivity index (χ3n) is 3.71. The van der Waals surface area contributed by atoms with Crippen molar-refractivity contribution in [3.05, 3.63) is 30.0 Å². The number of hydrogen-bond acceptors (Lipinski definition) is 4. The lowest BCUT2D eigenvalue weighted by atomic mass is 10.1. The van der Waals surface area contributed by atoms with Gasteiger partial charge in [-0.05, 0) is 20.8 Å². The third-order valence-corrected chi connectivity index (χ3v) is 3.71. The molecule has 0 spiro atoms. The van der Waals surface area contributed by atoms with E-state index in [0.29, 0.717) is 12.1 Å². The molecule has 1 aliphatic rings. The molecule has 2 atom stereocenters. The van der Waals surface area contributed by atoms with Crippen molar-refractivity contribution in [2.24, 2.45) is 0 Å². The Hall–Kier alpha value is -1.68. The van der Waals surface area contributed by atoms with Crippen molar-refractivity contribution in [3.63, 3.8) is 0 Å². The minimum Gasteiger partial charge on any atom is -0.352 e. The molecule has 2 heterocycles. The van der Waals surface area contributed by atoms with E-state index in [2.05, 4.69) is 58.5 Å². The average Bonchev–Trinajstić information content (AvgIpc) is 2.38. The predicted octanol–water partition coefficient (Wildman–Crippen LogP) is 2.12. The molecule has 19 heavy (non-hydrogen) atoms. The monoisotopic (exact) mass is 256 g/mol. The van der Waals surface area contributed by atoms with Gasteiger partial charge in [-0.3, -0.25) is 0 Å². The summed E-state index contributed by atoms with van der Waals surface area (Å²) in [7, 11) is 0. The number of rotatable bonds is 1. The average molecular weight is 256 g/mol. The summed E-state index contributed by atoms with van der Waals surface area (Å²) < 4.78 is 0. The van der Waals surface area contributed by atoms with Gasteiger partial charge < -0.3 is 10.2 Å². The van der Waals surface area contributed by atoms with Crippen LogP contribution in [0.5, 0.6) is 0 Å². The molecule has 4 nitrogen and oxygen atoms in total. The van der Waals surface area contributed by atoms with Crippen LogP contribution in [0.2, 0.25) is 0 Å². The highest BCUT2D eigenvalue weighted by atomic mass is 15.3. The molecule has 1 fully saturated rings. The fraction of sp³-hybridized carbons (Fsp3) is 0.467. The second-order valence-electron chi connectivity index (χ2n) is 5.53. The molecule has 100 valence electrons. The van der Waals surface area contributed by atoms with Crippen molar-refractivity contribution in [2.45, 2.75) is 32.9 Å². The van der Waals surface area contributed by atoms with E-state index >= 15 is 0 Å². The molecular formula is C15H20N4. The molecule has 0 amide bonds. The number of nitrogens with zero attached hydrogens (tertiary/aromatic N) is 3. The number of benzene rings is 1. The summed E-state index contributed by atoms with van der Waals surface area (Å²) in [5.41, 5.74) is 0.996. The van der Waals surface area contributed by atoms with Crippen LogP contribution in [-0.4, -0.2) is 35.4 Å². The summed E-state index contributed by atoms with van der Waals surface area (Å²) in [5.74, 6) is 1.02. The van der Waals surface area contributed by atoms with Gasteiger partial charge in [0.15, 0.2) is 5.82 Å². The summed E-state index contributed by atoms with van der Waals surface area (Å²) in [4.78, 5) is 2.35. The van der Waals surface area contributed by atoms with Gasteiger partial charge >= 0.3 is 0 Å². The number of hydrogen-bond donors (Lipinski definition) is 1. The van der Waals surface area contributed by atoms with Crippen LogP contribution in [0.1, 0.15) is 19.5 Å². The van der Waals surface area contributed by atoms with Gasteiger partial charge in [0.2, 0.25) is 0 Å². The molecule has 1 aromatic heterocycles. The summed E-state index contributed by atoms with van der Waals surface area (Å²) in [6.07, 6.45) is 0. The molecule has 2 aromatic rings. The van der Waals surface area contributed by atoms with E-state index in [1.54, 1.807) is 0 Å². The summed E-state index contributed by atoms with van der Waals surface area (Å²) in [5, 5.41) is 14.7. The number of fused-ring (bicyclic) bond motifs is 1. The van der Waals surface area contributed by atoms with Crippen LogP contribution in [-0.2, 0) is 0 Å². The molecule has 2 unspecified atom stereocenters. The van der Waals surface area contributed by atoms with Gasteiger partial charge in [-0.25, -0.2) is 0 Å². The Bertz CT molecular complexity index is 586. The molecule has 0 radical (unpaired) electrons. The molecule has 0 saturated carbocycles. The Balaban J connectivity index is 2.07. The van der Waals surface area contributed by atoms with Crippen molar-refractivity contribution >= 4 is 16.6 Å². The Morgan fingerprint density at radius 1 is 1.05 bits per heavy atom. The minimum absolute atomic E-state index is 0.477. The van der Waals surface area contributed by atoms with Crippen LogP contribution in [0, 0.1) is 6.92 Å². The van der Waals surface area contributed by atoms with Gasteiger partial charge in [0, 0.05) is 35.9 Å². The van der Waals surface area contributed by atoms with E-state index < -0.39 is 0 Å². The fourth-order valence-electron chi connectivity index (χ4n) is 2.96. The summed E-state index contributed by atoms with van der Waals surface area (Å²) >= 11 is 0. The van der Waals surface area contributed by atoms with E-state index in [1.807, 2.05) is 6.92 Å². The van der Waals surface area contributed by atoms with Crippen molar-refractivity contribution in [1.29, 1.82) is 0 Å². The van der Waals surface area contributed by atoms with Crippen molar-refractivity contribution < 1.29 is 0 Å². The van der Waals surface area contributed by atoms with Crippen LogP contribution in [0.15, 0.2) is 24.3 Å². The van der Waals surface area contributed by atoms with E-state index in [0.717, 1.165) is 24.6 Å². The van der Waals surface area contributed by atoms with E-state index in [1.165, 1.54) is 10.8 Å². The van der Waals surface area contributed by atoms with E-state index in [9.17, 15) is 0 Å². The smallest absolute Gasteiger partial charge is 0.159 e. The molecule has 0 aliphatic carbocycles. The Morgan fingerprint density at radius 3 is 2.37 bits per heavy atom. The van der Waals surface area contributed by atoms with Crippen molar-refractivity contribution in [1.82, 2.24) is 15.5 Å². The zero-order valence-electron chi connectivity index (χ0n) is 11.7. The fourth-order valence-corrected chi connectivity index (χ4v) is 2.96. The van der Waals surface area contributed by atoms with Crippen molar-refractivity contribution in [3.8, 4) is 0 Å². The lowest BCUT2D eigenvalue weighted by Gasteiger charge is -2.37. The first kappa shape index (κ1) is 12.4. The zero-order chi connectivity index (χ0) is 13.4. The van der Waals surface area contributed by atoms with E-state index in [4.69, 9.17) is 0 Å². The van der Waals surface area contributed by atoms with Crippen LogP contribution in [0.25, 0.3) is 10.8 Å². The number of aromatic nitrogens is 2. The first-order chi connectivity index (χ1) is 9.15. The van der Waals surface area contributed by atoms with Gasteiger partial charge in [-0.1, -0.05) is 24.3 Å². The van der Waals surface area contributed by atoms with Gasteiger partial charge in [0.1, 0.15) is 0 Å². The second-order valence-corrected chi connectivity index (χ2v) is 5.53. The first-order valence-corrected chi connectivity index (χ1v) is 6.88. The Morgan fingerprint density at radius 2 is 1.68 bits per heavy atom. The molecule has 4 heteroatoms. The van der Waals surface area contributed by atoms with Gasteiger partial charge in [-0.15, -0.1) is 5.10 Å². The predicted molar refractivity (Wildman–Crippen MR) is 78.5 cm³/mol. The number of piperazine rings is 1. The highest BCUT2D eigenvalue weighted by Gasteiger charge is 2.23. The maximum absolute atomic E-state index is 4.45. The summed E-state index contributed by atoms with van der Waals surface area (Å²) in [6, 6.07) is 9.35. The number of anilines is 1. The molecule has 1 aliphatic heterocycles. The maximum atomic E-state index is 4.45.